The van der Waals surface area contributed by atoms with E-state index >= 15 is 0 Å². The van der Waals surface area contributed by atoms with E-state index in [1.807, 2.05) is 6.92 Å². The monoisotopic (exact) mass is 308 g/mol. The molecule has 1 fully saturated rings. The van der Waals surface area contributed by atoms with Gasteiger partial charge in [0.25, 0.3) is 5.91 Å². The molecule has 0 spiro atoms. The number of aryl methyl sites for hydroxylation is 2. The van der Waals surface area contributed by atoms with Crippen LogP contribution in [0.1, 0.15) is 61.7 Å². The Labute approximate surface area is 130 Å². The number of hydrogen-bond donors (Lipinski definition) is 0. The maximum atomic E-state index is 12.7. The quantitative estimate of drug-likeness (QED) is 0.781. The van der Waals surface area contributed by atoms with Crippen molar-refractivity contribution in [3.63, 3.8) is 0 Å². The van der Waals surface area contributed by atoms with E-state index in [2.05, 4.69) is 4.98 Å². The van der Waals surface area contributed by atoms with Gasteiger partial charge in [-0.2, -0.15) is 0 Å². The van der Waals surface area contributed by atoms with Crippen molar-refractivity contribution < 1.29 is 18.7 Å². The molecular weight excluding hydrogens is 284 g/mol. The third-order valence-electron chi connectivity index (χ3n) is 3.93. The summed E-state index contributed by atoms with van der Waals surface area (Å²) in [6, 6.07) is -0.116. The predicted molar refractivity (Wildman–Crippen MR) is 80.5 cm³/mol. The summed E-state index contributed by atoms with van der Waals surface area (Å²) in [7, 11) is 0. The van der Waals surface area contributed by atoms with E-state index in [9.17, 15) is 9.59 Å². The van der Waals surface area contributed by atoms with Crippen molar-refractivity contribution in [3.05, 3.63) is 17.3 Å². The molecule has 1 atom stereocenters. The van der Waals surface area contributed by atoms with E-state index in [1.54, 1.807) is 18.7 Å². The minimum absolute atomic E-state index is 0.116. The Hall–Kier alpha value is -1.85. The number of carbonyl (C=O) groups excluding carboxylic acids is 2. The highest BCUT2D eigenvalue weighted by molar-refractivity contribution is 5.93. The first-order valence-electron chi connectivity index (χ1n) is 7.99. The normalized spacial score (nSPS) is 18.3. The molecule has 0 saturated carbocycles. The summed E-state index contributed by atoms with van der Waals surface area (Å²) in [5, 5.41) is 0. The molecule has 1 aromatic rings. The molecule has 0 N–H and O–H groups in total. The zero-order valence-electron chi connectivity index (χ0n) is 13.6. The molecule has 1 saturated heterocycles. The maximum Gasteiger partial charge on any atom is 0.307 e. The number of amides is 1. The first-order chi connectivity index (χ1) is 10.6. The number of aromatic nitrogens is 1. The lowest BCUT2D eigenvalue weighted by atomic mass is 9.99. The van der Waals surface area contributed by atoms with Gasteiger partial charge in [-0.15, -0.1) is 0 Å². The highest BCUT2D eigenvalue weighted by Gasteiger charge is 2.32. The van der Waals surface area contributed by atoms with E-state index in [-0.39, 0.29) is 24.3 Å². The lowest BCUT2D eigenvalue weighted by molar-refractivity contribution is -0.144. The summed E-state index contributed by atoms with van der Waals surface area (Å²) >= 11 is 0. The molecule has 22 heavy (non-hydrogen) atoms. The van der Waals surface area contributed by atoms with Gasteiger partial charge in [-0.1, -0.05) is 6.92 Å². The van der Waals surface area contributed by atoms with Crippen molar-refractivity contribution in [1.82, 2.24) is 9.88 Å². The van der Waals surface area contributed by atoms with Gasteiger partial charge >= 0.3 is 5.97 Å². The lowest BCUT2D eigenvalue weighted by Gasteiger charge is -2.34. The number of oxazole rings is 1. The summed E-state index contributed by atoms with van der Waals surface area (Å²) in [5.41, 5.74) is 0.613. The van der Waals surface area contributed by atoms with Crippen LogP contribution in [-0.2, 0) is 16.0 Å². The molecular formula is C16H24N2O4. The summed E-state index contributed by atoms with van der Waals surface area (Å²) in [6.45, 7) is 6.50. The van der Waals surface area contributed by atoms with Crippen molar-refractivity contribution >= 4 is 11.9 Å². The van der Waals surface area contributed by atoms with Gasteiger partial charge in [-0.25, -0.2) is 4.98 Å². The van der Waals surface area contributed by atoms with Crippen molar-refractivity contribution in [1.29, 1.82) is 0 Å². The summed E-state index contributed by atoms with van der Waals surface area (Å²) in [5.74, 6) is 0.446. The van der Waals surface area contributed by atoms with E-state index < -0.39 is 0 Å². The van der Waals surface area contributed by atoms with Gasteiger partial charge < -0.3 is 14.1 Å². The van der Waals surface area contributed by atoms with Crippen LogP contribution in [-0.4, -0.2) is 41.0 Å². The smallest absolute Gasteiger partial charge is 0.307 e. The van der Waals surface area contributed by atoms with Crippen molar-refractivity contribution in [2.75, 3.05) is 13.2 Å². The molecule has 0 aromatic carbocycles. The topological polar surface area (TPSA) is 72.6 Å². The minimum atomic E-state index is -0.254. The average molecular weight is 308 g/mol. The number of hydrogen-bond acceptors (Lipinski definition) is 5. The fraction of sp³-hybridized carbons (Fsp3) is 0.688. The maximum absolute atomic E-state index is 12.7. The van der Waals surface area contributed by atoms with Crippen molar-refractivity contribution in [2.24, 2.45) is 0 Å². The highest BCUT2D eigenvalue weighted by atomic mass is 16.5. The van der Waals surface area contributed by atoms with Gasteiger partial charge in [-0.05, 0) is 33.1 Å². The van der Waals surface area contributed by atoms with Crippen LogP contribution in [0.3, 0.4) is 0 Å². The molecule has 6 heteroatoms. The van der Waals surface area contributed by atoms with E-state index in [0.29, 0.717) is 36.9 Å². The first kappa shape index (κ1) is 16.5. The number of likely N-dealkylation sites (tertiary alicyclic amines) is 1. The molecule has 1 amide bonds. The van der Waals surface area contributed by atoms with E-state index in [0.717, 1.165) is 19.3 Å². The molecule has 0 unspecified atom stereocenters. The van der Waals surface area contributed by atoms with E-state index in [4.69, 9.17) is 9.15 Å². The van der Waals surface area contributed by atoms with Crippen LogP contribution >= 0.6 is 0 Å². The molecule has 1 aliphatic rings. The Balaban J connectivity index is 2.13. The fourth-order valence-electron chi connectivity index (χ4n) is 2.82. The van der Waals surface area contributed by atoms with Crippen LogP contribution in [0.5, 0.6) is 0 Å². The summed E-state index contributed by atoms with van der Waals surface area (Å²) in [6.07, 6.45) is 3.68. The second kappa shape index (κ2) is 7.42. The molecule has 2 rings (SSSR count). The lowest BCUT2D eigenvalue weighted by Crippen LogP contribution is -2.45. The molecule has 0 aliphatic carbocycles. The Morgan fingerprint density at radius 3 is 2.77 bits per heavy atom. The molecule has 1 aromatic heterocycles. The third-order valence-corrected chi connectivity index (χ3v) is 3.93. The number of carbonyl (C=O) groups is 2. The van der Waals surface area contributed by atoms with E-state index in [1.165, 1.54) is 0 Å². The Morgan fingerprint density at radius 2 is 2.14 bits per heavy atom. The summed E-state index contributed by atoms with van der Waals surface area (Å²) < 4.78 is 10.6. The number of esters is 1. The summed E-state index contributed by atoms with van der Waals surface area (Å²) in [4.78, 5) is 30.5. The average Bonchev–Trinajstić information content (AvgIpc) is 2.88. The molecule has 0 bridgehead atoms. The number of ether oxygens (including phenoxy) is 1. The molecule has 0 radical (unpaired) electrons. The Morgan fingerprint density at radius 1 is 1.36 bits per heavy atom. The van der Waals surface area contributed by atoms with Crippen LogP contribution in [0.25, 0.3) is 0 Å². The Bertz CT molecular complexity index is 538. The van der Waals surface area contributed by atoms with Crippen molar-refractivity contribution in [3.8, 4) is 0 Å². The predicted octanol–water partition coefficient (Wildman–Crippen LogP) is 2.49. The second-order valence-electron chi connectivity index (χ2n) is 5.53. The van der Waals surface area contributed by atoms with Gasteiger partial charge in [0.2, 0.25) is 5.76 Å². The standard InChI is InChI=1S/C16H24N2O4/c1-4-13-17-11(3)15(22-13)16(20)18-9-7-6-8-12(18)10-14(19)21-5-2/h12H,4-10H2,1-3H3/t12-/m0/s1. The van der Waals surface area contributed by atoms with Crippen LogP contribution < -0.4 is 0 Å². The highest BCUT2D eigenvalue weighted by Crippen LogP contribution is 2.24. The largest absolute Gasteiger partial charge is 0.466 e. The first-order valence-corrected chi connectivity index (χ1v) is 7.99. The second-order valence-corrected chi connectivity index (χ2v) is 5.53. The molecule has 2 heterocycles. The number of nitrogens with zero attached hydrogens (tertiary/aromatic N) is 2. The van der Waals surface area contributed by atoms with Gasteiger partial charge in [0.15, 0.2) is 5.89 Å². The van der Waals surface area contributed by atoms with Crippen LogP contribution in [0.2, 0.25) is 0 Å². The van der Waals surface area contributed by atoms with Crippen molar-refractivity contribution in [2.45, 2.75) is 58.9 Å². The minimum Gasteiger partial charge on any atom is -0.466 e. The zero-order chi connectivity index (χ0) is 16.1. The Kier molecular flexibility index (Phi) is 5.57. The van der Waals surface area contributed by atoms with Gasteiger partial charge in [0.1, 0.15) is 0 Å². The van der Waals surface area contributed by atoms with Crippen LogP contribution in [0.15, 0.2) is 4.42 Å². The van der Waals surface area contributed by atoms with Gasteiger partial charge in [0, 0.05) is 19.0 Å². The number of rotatable bonds is 5. The van der Waals surface area contributed by atoms with Gasteiger partial charge in [0.05, 0.1) is 18.7 Å². The molecule has 1 aliphatic heterocycles. The molecule has 122 valence electrons. The third kappa shape index (κ3) is 3.67. The SMILES string of the molecule is CCOC(=O)C[C@@H]1CCCCN1C(=O)c1oc(CC)nc1C. The fourth-order valence-corrected chi connectivity index (χ4v) is 2.82. The molecule has 6 nitrogen and oxygen atoms in total. The van der Waals surface area contributed by atoms with Gasteiger partial charge in [-0.3, -0.25) is 9.59 Å². The number of piperidine rings is 1. The van der Waals surface area contributed by atoms with Crippen LogP contribution in [0.4, 0.5) is 0 Å². The van der Waals surface area contributed by atoms with Crippen LogP contribution in [0, 0.1) is 6.92 Å². The zero-order valence-corrected chi connectivity index (χ0v) is 13.6.